The third kappa shape index (κ3) is 4.77. The minimum Gasteiger partial charge on any atom is -0.389 e. The highest BCUT2D eigenvalue weighted by atomic mass is 32.1. The van der Waals surface area contributed by atoms with Gasteiger partial charge in [-0.25, -0.2) is 0 Å². The van der Waals surface area contributed by atoms with Gasteiger partial charge in [0.05, 0.1) is 18.8 Å². The summed E-state index contributed by atoms with van der Waals surface area (Å²) < 4.78 is 5.65. The molecule has 3 N–H and O–H groups in total. The van der Waals surface area contributed by atoms with Crippen molar-refractivity contribution >= 4 is 28.8 Å². The highest BCUT2D eigenvalue weighted by Gasteiger charge is 2.23. The number of nitrogens with two attached hydrogens (primary N) is 1. The van der Waals surface area contributed by atoms with Crippen LogP contribution in [0.15, 0.2) is 24.3 Å². The van der Waals surface area contributed by atoms with Gasteiger partial charge in [-0.1, -0.05) is 12.2 Å². The van der Waals surface area contributed by atoms with E-state index in [1.165, 1.54) is 0 Å². The molecular weight excluding hydrogens is 286 g/mol. The Balaban J connectivity index is 1.88. The molecule has 1 saturated heterocycles. The van der Waals surface area contributed by atoms with Gasteiger partial charge in [0.25, 0.3) is 0 Å². The lowest BCUT2D eigenvalue weighted by Gasteiger charge is -2.34. The van der Waals surface area contributed by atoms with Gasteiger partial charge in [0.15, 0.2) is 0 Å². The first-order chi connectivity index (χ1) is 9.94. The van der Waals surface area contributed by atoms with Crippen LogP contribution in [0.5, 0.6) is 0 Å². The first-order valence-corrected chi connectivity index (χ1v) is 7.42. The number of anilines is 1. The maximum absolute atomic E-state index is 12.1. The molecule has 1 amide bonds. The van der Waals surface area contributed by atoms with Gasteiger partial charge in [-0.05, 0) is 38.1 Å². The van der Waals surface area contributed by atoms with Gasteiger partial charge in [-0.15, -0.1) is 0 Å². The Morgan fingerprint density at radius 3 is 2.43 bits per heavy atom. The van der Waals surface area contributed by atoms with Crippen molar-refractivity contribution in [2.24, 2.45) is 5.73 Å². The summed E-state index contributed by atoms with van der Waals surface area (Å²) in [4.78, 5) is 14.5. The molecule has 1 aromatic carbocycles. The molecule has 0 radical (unpaired) electrons. The van der Waals surface area contributed by atoms with Gasteiger partial charge < -0.3 is 15.8 Å². The van der Waals surface area contributed by atoms with Gasteiger partial charge >= 0.3 is 0 Å². The zero-order valence-electron chi connectivity index (χ0n) is 12.3. The zero-order valence-corrected chi connectivity index (χ0v) is 13.2. The maximum atomic E-state index is 12.1. The van der Waals surface area contributed by atoms with Crippen molar-refractivity contribution in [2.75, 3.05) is 25.0 Å². The lowest BCUT2D eigenvalue weighted by Crippen LogP contribution is -2.48. The molecule has 2 rings (SSSR count). The van der Waals surface area contributed by atoms with Crippen molar-refractivity contribution in [3.63, 3.8) is 0 Å². The number of morpholine rings is 1. The number of nitrogens with zero attached hydrogens (tertiary/aromatic N) is 1. The fourth-order valence-electron chi connectivity index (χ4n) is 2.53. The molecule has 2 atom stereocenters. The highest BCUT2D eigenvalue weighted by molar-refractivity contribution is 7.80. The molecule has 0 aromatic heterocycles. The third-order valence-corrected chi connectivity index (χ3v) is 3.55. The molecule has 5 nitrogen and oxygen atoms in total. The van der Waals surface area contributed by atoms with Gasteiger partial charge in [0.1, 0.15) is 4.99 Å². The van der Waals surface area contributed by atoms with Crippen LogP contribution >= 0.6 is 12.2 Å². The minimum absolute atomic E-state index is 0.0284. The summed E-state index contributed by atoms with van der Waals surface area (Å²) in [5, 5.41) is 2.88. The number of nitrogens with one attached hydrogen (secondary N) is 1. The summed E-state index contributed by atoms with van der Waals surface area (Å²) in [5.74, 6) is -0.0284. The van der Waals surface area contributed by atoms with E-state index in [9.17, 15) is 4.79 Å². The Kier molecular flexibility index (Phi) is 5.27. The molecule has 0 bridgehead atoms. The Morgan fingerprint density at radius 1 is 1.33 bits per heavy atom. The second kappa shape index (κ2) is 6.98. The average Bonchev–Trinajstić information content (AvgIpc) is 2.37. The fourth-order valence-corrected chi connectivity index (χ4v) is 2.67. The van der Waals surface area contributed by atoms with E-state index in [1.807, 2.05) is 13.8 Å². The Morgan fingerprint density at radius 2 is 1.90 bits per heavy atom. The normalized spacial score (nSPS) is 22.8. The van der Waals surface area contributed by atoms with Crippen molar-refractivity contribution in [3.8, 4) is 0 Å². The molecule has 0 saturated carbocycles. The summed E-state index contributed by atoms with van der Waals surface area (Å²) in [7, 11) is 0. The Bertz CT molecular complexity index is 508. The highest BCUT2D eigenvalue weighted by Crippen LogP contribution is 2.12. The summed E-state index contributed by atoms with van der Waals surface area (Å²) in [5.41, 5.74) is 7.08. The number of rotatable bonds is 4. The van der Waals surface area contributed by atoms with Crippen LogP contribution in [0, 0.1) is 0 Å². The second-order valence-electron chi connectivity index (χ2n) is 5.44. The number of amides is 1. The summed E-state index contributed by atoms with van der Waals surface area (Å²) in [6.07, 6.45) is 0.317. The molecule has 1 aliphatic heterocycles. The topological polar surface area (TPSA) is 67.6 Å². The summed E-state index contributed by atoms with van der Waals surface area (Å²) in [6.45, 7) is 5.97. The predicted octanol–water partition coefficient (Wildman–Crippen LogP) is 1.37. The molecule has 0 unspecified atom stereocenters. The molecular formula is C15H21N3O2S. The van der Waals surface area contributed by atoms with Crippen LogP contribution in [-0.4, -0.2) is 47.6 Å². The van der Waals surface area contributed by atoms with Crippen molar-refractivity contribution in [2.45, 2.75) is 26.1 Å². The molecule has 1 fully saturated rings. The molecule has 1 aliphatic rings. The first kappa shape index (κ1) is 15.9. The Hall–Kier alpha value is -1.50. The molecule has 114 valence electrons. The number of ether oxygens (including phenoxy) is 1. The van der Waals surface area contributed by atoms with Crippen LogP contribution in [0.1, 0.15) is 19.4 Å². The van der Waals surface area contributed by atoms with Gasteiger partial charge in [-0.2, -0.15) is 0 Å². The molecule has 1 aromatic rings. The number of hydrogen-bond donors (Lipinski definition) is 2. The number of benzene rings is 1. The van der Waals surface area contributed by atoms with Crippen LogP contribution in [0.3, 0.4) is 0 Å². The first-order valence-electron chi connectivity index (χ1n) is 7.01. The van der Waals surface area contributed by atoms with Gasteiger partial charge in [0.2, 0.25) is 5.91 Å². The van der Waals surface area contributed by atoms with E-state index in [0.717, 1.165) is 24.3 Å². The second-order valence-corrected chi connectivity index (χ2v) is 5.88. The SMILES string of the molecule is C[C@@H]1CN(CC(=O)Nc2ccc(C(N)=S)cc2)C[C@H](C)O1. The van der Waals surface area contributed by atoms with E-state index < -0.39 is 0 Å². The van der Waals surface area contributed by atoms with Crippen LogP contribution in [-0.2, 0) is 9.53 Å². The zero-order chi connectivity index (χ0) is 15.4. The quantitative estimate of drug-likeness (QED) is 0.822. The largest absolute Gasteiger partial charge is 0.389 e. The predicted molar refractivity (Wildman–Crippen MR) is 87.4 cm³/mol. The van der Waals surface area contributed by atoms with Crippen molar-refractivity contribution in [1.29, 1.82) is 0 Å². The lowest BCUT2D eigenvalue weighted by atomic mass is 10.2. The van der Waals surface area contributed by atoms with E-state index in [0.29, 0.717) is 11.5 Å². The number of carbonyl (C=O) groups is 1. The molecule has 1 heterocycles. The monoisotopic (exact) mass is 307 g/mol. The van der Waals surface area contributed by atoms with E-state index in [-0.39, 0.29) is 18.1 Å². The lowest BCUT2D eigenvalue weighted by molar-refractivity contribution is -0.121. The molecule has 0 spiro atoms. The van der Waals surface area contributed by atoms with E-state index in [2.05, 4.69) is 10.2 Å². The maximum Gasteiger partial charge on any atom is 0.238 e. The number of hydrogen-bond acceptors (Lipinski definition) is 4. The van der Waals surface area contributed by atoms with Crippen molar-refractivity contribution in [1.82, 2.24) is 4.90 Å². The Labute approximate surface area is 130 Å². The average molecular weight is 307 g/mol. The molecule has 6 heteroatoms. The standard InChI is InChI=1S/C15H21N3O2S/c1-10-7-18(8-11(2)20-10)9-14(19)17-13-5-3-12(4-6-13)15(16)21/h3-6,10-11H,7-9H2,1-2H3,(H2,16,21)(H,17,19)/t10-,11+. The number of thiocarbonyl (C=S) groups is 1. The molecule has 0 aliphatic carbocycles. The third-order valence-electron chi connectivity index (χ3n) is 3.32. The van der Waals surface area contributed by atoms with Crippen LogP contribution in [0.25, 0.3) is 0 Å². The van der Waals surface area contributed by atoms with Crippen molar-refractivity contribution < 1.29 is 9.53 Å². The smallest absolute Gasteiger partial charge is 0.238 e. The van der Waals surface area contributed by atoms with E-state index >= 15 is 0 Å². The van der Waals surface area contributed by atoms with Crippen LogP contribution in [0.2, 0.25) is 0 Å². The van der Waals surface area contributed by atoms with E-state index in [4.69, 9.17) is 22.7 Å². The molecule has 21 heavy (non-hydrogen) atoms. The van der Waals surface area contributed by atoms with Crippen LogP contribution < -0.4 is 11.1 Å². The van der Waals surface area contributed by atoms with Gasteiger partial charge in [0, 0.05) is 24.3 Å². The minimum atomic E-state index is -0.0284. The van der Waals surface area contributed by atoms with Crippen LogP contribution in [0.4, 0.5) is 5.69 Å². The van der Waals surface area contributed by atoms with Gasteiger partial charge in [-0.3, -0.25) is 9.69 Å². The fraction of sp³-hybridized carbons (Fsp3) is 0.467. The number of carbonyl (C=O) groups excluding carboxylic acids is 1. The van der Waals surface area contributed by atoms with Crippen molar-refractivity contribution in [3.05, 3.63) is 29.8 Å². The summed E-state index contributed by atoms with van der Waals surface area (Å²) in [6, 6.07) is 7.21. The summed E-state index contributed by atoms with van der Waals surface area (Å²) >= 11 is 4.90. The van der Waals surface area contributed by atoms with E-state index in [1.54, 1.807) is 24.3 Å².